The molecule has 0 amide bonds. The van der Waals surface area contributed by atoms with Crippen LogP contribution in [0.2, 0.25) is 0 Å². The van der Waals surface area contributed by atoms with Gasteiger partial charge >= 0.3 is 113 Å². The second-order valence-corrected chi connectivity index (χ2v) is 27.9. The third kappa shape index (κ3) is 1.69. The first-order valence-electron chi connectivity index (χ1n) is 5.08. The summed E-state index contributed by atoms with van der Waals surface area (Å²) in [6.45, 7) is 0. The Kier molecular flexibility index (Phi) is 2.92. The zero-order chi connectivity index (χ0) is 11.2. The van der Waals surface area contributed by atoms with Crippen molar-refractivity contribution in [2.45, 2.75) is 6.42 Å². The van der Waals surface area contributed by atoms with E-state index in [1.54, 1.807) is 0 Å². The van der Waals surface area contributed by atoms with Gasteiger partial charge in [-0.05, 0) is 0 Å². The maximum atomic E-state index is 4.00. The number of hydrogen-bond acceptors (Lipinski definition) is 0. The van der Waals surface area contributed by atoms with Crippen molar-refractivity contribution in [2.75, 3.05) is 0 Å². The van der Waals surface area contributed by atoms with E-state index in [1.807, 2.05) is 0 Å². The molecule has 1 aliphatic rings. The molecule has 0 N–H and O–H groups in total. The summed E-state index contributed by atoms with van der Waals surface area (Å²) in [5, 5.41) is 0. The summed E-state index contributed by atoms with van der Waals surface area (Å²) < 4.78 is 3.01. The summed E-state index contributed by atoms with van der Waals surface area (Å²) in [5.74, 6) is 0. The van der Waals surface area contributed by atoms with Crippen LogP contribution in [0.25, 0.3) is 0 Å². The van der Waals surface area contributed by atoms with E-state index >= 15 is 0 Å². The van der Waals surface area contributed by atoms with Crippen molar-refractivity contribution in [2.24, 2.45) is 0 Å². The molecule has 1 heterocycles. The van der Waals surface area contributed by atoms with E-state index in [4.69, 9.17) is 0 Å². The van der Waals surface area contributed by atoms with Crippen LogP contribution in [0, 0.1) is 0 Å². The Morgan fingerprint density at radius 2 is 1.19 bits per heavy atom. The zero-order valence-corrected chi connectivity index (χ0v) is 14.0. The summed E-state index contributed by atoms with van der Waals surface area (Å²) >= 11 is 5.61. The summed E-state index contributed by atoms with van der Waals surface area (Å²) in [6, 6.07) is 17.5. The molecule has 0 fully saturated rings. The van der Waals surface area contributed by atoms with E-state index in [0.717, 1.165) is 6.42 Å². The Bertz CT molecular complexity index is 502. The van der Waals surface area contributed by atoms with Gasteiger partial charge in [0, 0.05) is 0 Å². The molecule has 0 atom stereocenters. The Labute approximate surface area is 111 Å². The first kappa shape index (κ1) is 11.3. The standard InChI is InChI=1S/C13H10Br2Te/c14-16(15)12-7-3-1-5-10(12)9-11-6-2-4-8-13(11)16/h1-8H,9H2. The molecule has 0 nitrogen and oxygen atoms in total. The van der Waals surface area contributed by atoms with Gasteiger partial charge in [0.15, 0.2) is 0 Å². The fourth-order valence-corrected chi connectivity index (χ4v) is 15.4. The second-order valence-electron chi connectivity index (χ2n) is 3.86. The molecule has 3 rings (SSSR count). The summed E-state index contributed by atoms with van der Waals surface area (Å²) in [7, 11) is 0. The molecule has 3 heteroatoms. The van der Waals surface area contributed by atoms with Crippen molar-refractivity contribution < 1.29 is 0 Å². The molecule has 0 radical (unpaired) electrons. The van der Waals surface area contributed by atoms with Crippen LogP contribution >= 0.6 is 25.5 Å². The van der Waals surface area contributed by atoms with E-state index < -0.39 is 13.8 Å². The van der Waals surface area contributed by atoms with Crippen LogP contribution < -0.4 is 7.22 Å². The maximum absolute atomic E-state index is 4.00. The Hall–Kier alpha value is 0.190. The van der Waals surface area contributed by atoms with Crippen molar-refractivity contribution in [3.63, 3.8) is 0 Å². The van der Waals surface area contributed by atoms with E-state index in [-0.39, 0.29) is 0 Å². The normalized spacial score (nSPS) is 18.4. The molecule has 2 aromatic carbocycles. The van der Waals surface area contributed by atoms with Crippen LogP contribution in [0.4, 0.5) is 0 Å². The molecular formula is C13H10Br2Te. The topological polar surface area (TPSA) is 0 Å². The fourth-order valence-electron chi connectivity index (χ4n) is 2.12. The zero-order valence-electron chi connectivity index (χ0n) is 8.49. The molecule has 0 bridgehead atoms. The Morgan fingerprint density at radius 1 is 0.750 bits per heavy atom. The molecule has 0 unspecified atom stereocenters. The van der Waals surface area contributed by atoms with Gasteiger partial charge in [0.05, 0.1) is 0 Å². The van der Waals surface area contributed by atoms with Crippen LogP contribution in [-0.2, 0) is 6.42 Å². The molecule has 0 saturated heterocycles. The van der Waals surface area contributed by atoms with Gasteiger partial charge in [-0.3, -0.25) is 0 Å². The molecule has 82 valence electrons. The molecule has 1 aliphatic heterocycles. The van der Waals surface area contributed by atoms with Gasteiger partial charge in [-0.25, -0.2) is 0 Å². The fraction of sp³-hybridized carbons (Fsp3) is 0.0769. The molecule has 2 aromatic rings. The molecule has 0 saturated carbocycles. The van der Waals surface area contributed by atoms with Gasteiger partial charge in [-0.1, -0.05) is 0 Å². The molecule has 0 aliphatic carbocycles. The number of halogens is 2. The van der Waals surface area contributed by atoms with E-state index in [1.165, 1.54) is 18.3 Å². The van der Waals surface area contributed by atoms with E-state index in [9.17, 15) is 0 Å². The van der Waals surface area contributed by atoms with Crippen molar-refractivity contribution in [3.8, 4) is 0 Å². The van der Waals surface area contributed by atoms with Crippen molar-refractivity contribution >= 4 is 46.5 Å². The first-order chi connectivity index (χ1) is 7.69. The SMILES string of the molecule is Br[Te]1(Br)c2ccccc2Cc2ccccc21. The molecule has 0 aromatic heterocycles. The molecular weight excluding hydrogens is 444 g/mol. The monoisotopic (exact) mass is 454 g/mol. The first-order valence-corrected chi connectivity index (χ1v) is 17.9. The Balaban J connectivity index is 2.28. The van der Waals surface area contributed by atoms with Crippen LogP contribution in [0.5, 0.6) is 0 Å². The van der Waals surface area contributed by atoms with Crippen molar-refractivity contribution in [3.05, 3.63) is 59.7 Å². The summed E-state index contributed by atoms with van der Waals surface area (Å²) in [4.78, 5) is 0. The van der Waals surface area contributed by atoms with Gasteiger partial charge in [0.25, 0.3) is 0 Å². The van der Waals surface area contributed by atoms with Crippen LogP contribution in [-0.4, -0.2) is 13.8 Å². The average Bonchev–Trinajstić information content (AvgIpc) is 2.29. The van der Waals surface area contributed by atoms with Gasteiger partial charge in [0.1, 0.15) is 0 Å². The second kappa shape index (κ2) is 4.14. The van der Waals surface area contributed by atoms with Crippen LogP contribution in [0.1, 0.15) is 11.1 Å². The summed E-state index contributed by atoms with van der Waals surface area (Å²) in [6.07, 6.45) is 1.07. The van der Waals surface area contributed by atoms with Crippen molar-refractivity contribution in [1.82, 2.24) is 0 Å². The third-order valence-corrected chi connectivity index (χ3v) is 17.7. The van der Waals surface area contributed by atoms with Gasteiger partial charge in [0.2, 0.25) is 0 Å². The molecule has 0 spiro atoms. The third-order valence-electron chi connectivity index (χ3n) is 2.88. The number of hydrogen-bond donors (Lipinski definition) is 0. The van der Waals surface area contributed by atoms with Gasteiger partial charge in [-0.15, -0.1) is 0 Å². The average molecular weight is 454 g/mol. The Morgan fingerprint density at radius 3 is 1.69 bits per heavy atom. The summed E-state index contributed by atoms with van der Waals surface area (Å²) in [5.41, 5.74) is 2.94. The minimum absolute atomic E-state index is 1.07. The molecule has 16 heavy (non-hydrogen) atoms. The van der Waals surface area contributed by atoms with Crippen molar-refractivity contribution in [1.29, 1.82) is 0 Å². The van der Waals surface area contributed by atoms with E-state index in [0.29, 0.717) is 0 Å². The van der Waals surface area contributed by atoms with Gasteiger partial charge in [-0.2, -0.15) is 0 Å². The number of fused-ring (bicyclic) bond motifs is 2. The van der Waals surface area contributed by atoms with Crippen LogP contribution in [0.3, 0.4) is 0 Å². The van der Waals surface area contributed by atoms with Gasteiger partial charge < -0.3 is 0 Å². The number of benzene rings is 2. The number of rotatable bonds is 0. The van der Waals surface area contributed by atoms with E-state index in [2.05, 4.69) is 74.0 Å². The predicted molar refractivity (Wildman–Crippen MR) is 78.6 cm³/mol. The quantitative estimate of drug-likeness (QED) is 0.538. The minimum atomic E-state index is -2.39. The predicted octanol–water partition coefficient (Wildman–Crippen LogP) is 2.94. The van der Waals surface area contributed by atoms with Crippen LogP contribution in [0.15, 0.2) is 48.5 Å².